The number of alkyl halides is 5. The number of nitrogens with zero attached hydrogens (tertiary/aromatic N) is 3. The Labute approximate surface area is 170 Å². The quantitative estimate of drug-likeness (QED) is 0.555. The number of amides is 1. The predicted molar refractivity (Wildman–Crippen MR) is 99.4 cm³/mol. The van der Waals surface area contributed by atoms with E-state index in [9.17, 15) is 26.7 Å². The van der Waals surface area contributed by atoms with E-state index in [1.807, 2.05) is 0 Å². The lowest BCUT2D eigenvalue weighted by Gasteiger charge is -2.10. The summed E-state index contributed by atoms with van der Waals surface area (Å²) < 4.78 is 62.9. The number of rotatable bonds is 5. The monoisotopic (exact) mass is 431 g/mol. The summed E-state index contributed by atoms with van der Waals surface area (Å²) in [6.45, 7) is 4.31. The van der Waals surface area contributed by atoms with E-state index in [2.05, 4.69) is 39.4 Å². The van der Waals surface area contributed by atoms with Crippen LogP contribution in [0.4, 0.5) is 22.0 Å². The smallest absolute Gasteiger partial charge is 0.355 e. The molecule has 1 fully saturated rings. The van der Waals surface area contributed by atoms with Crippen LogP contribution in [-0.4, -0.2) is 33.4 Å². The summed E-state index contributed by atoms with van der Waals surface area (Å²) in [5, 5.41) is 5.66. The minimum atomic E-state index is -4.68. The normalized spacial score (nSPS) is 18.7. The summed E-state index contributed by atoms with van der Waals surface area (Å²) in [5.41, 5.74) is -0.0371. The average Bonchev–Trinajstić information content (AvgIpc) is 3.08. The number of hydrogen-bond donors (Lipinski definition) is 2. The van der Waals surface area contributed by atoms with Gasteiger partial charge in [0.25, 0.3) is 6.43 Å². The third kappa shape index (κ3) is 6.68. The van der Waals surface area contributed by atoms with E-state index in [4.69, 9.17) is 0 Å². The van der Waals surface area contributed by atoms with Crippen LogP contribution in [0.3, 0.4) is 0 Å². The zero-order valence-corrected chi connectivity index (χ0v) is 16.4. The van der Waals surface area contributed by atoms with Crippen molar-refractivity contribution >= 4 is 6.41 Å². The van der Waals surface area contributed by atoms with Crippen LogP contribution in [0.2, 0.25) is 0 Å². The Bertz CT molecular complexity index is 821. The Morgan fingerprint density at radius 1 is 1.13 bits per heavy atom. The lowest BCUT2D eigenvalue weighted by atomic mass is 10.1. The molecular weight excluding hydrogens is 409 g/mol. The molecular formula is C19H22F5N5O. The Kier molecular flexibility index (Phi) is 8.16. The largest absolute Gasteiger partial charge is 0.451 e. The predicted octanol–water partition coefficient (Wildman–Crippen LogP) is 3.89. The maximum atomic E-state index is 12.9. The van der Waals surface area contributed by atoms with E-state index in [-0.39, 0.29) is 28.9 Å². The van der Waals surface area contributed by atoms with Gasteiger partial charge in [-0.05, 0) is 38.3 Å². The highest BCUT2D eigenvalue weighted by Gasteiger charge is 2.34. The second kappa shape index (κ2) is 10.4. The zero-order valence-electron chi connectivity index (χ0n) is 16.4. The summed E-state index contributed by atoms with van der Waals surface area (Å²) in [6, 6.07) is 2.79. The molecule has 11 heteroatoms. The van der Waals surface area contributed by atoms with Crippen LogP contribution >= 0.6 is 0 Å². The van der Waals surface area contributed by atoms with Crippen molar-refractivity contribution in [1.82, 2.24) is 25.6 Å². The molecule has 6 nitrogen and oxygen atoms in total. The highest BCUT2D eigenvalue weighted by Crippen LogP contribution is 2.28. The summed E-state index contributed by atoms with van der Waals surface area (Å²) in [4.78, 5) is 20.4. The summed E-state index contributed by atoms with van der Waals surface area (Å²) in [7, 11) is 0. The second-order valence-electron chi connectivity index (χ2n) is 6.91. The minimum absolute atomic E-state index is 0.0944. The third-order valence-electron chi connectivity index (χ3n) is 4.44. The van der Waals surface area contributed by atoms with Gasteiger partial charge in [0, 0.05) is 48.3 Å². The SMILES string of the molecule is CC1CCC(C)N1.O=CNCc1cc(-c2cnc(C(F)(F)F)nc2)ncc1C(F)F. The van der Waals surface area contributed by atoms with Gasteiger partial charge in [0.15, 0.2) is 0 Å². The van der Waals surface area contributed by atoms with E-state index in [1.54, 1.807) is 0 Å². The molecule has 1 aliphatic rings. The molecule has 3 rings (SSSR count). The maximum absolute atomic E-state index is 12.9. The van der Waals surface area contributed by atoms with Gasteiger partial charge >= 0.3 is 6.18 Å². The fourth-order valence-corrected chi connectivity index (χ4v) is 2.93. The van der Waals surface area contributed by atoms with Gasteiger partial charge in [0.1, 0.15) is 0 Å². The van der Waals surface area contributed by atoms with E-state index in [0.29, 0.717) is 6.41 Å². The standard InChI is InChI=1S/C13H9F5N4O.C6H13N/c14-11(15)9-5-20-10(1-7(9)2-19-6-23)8-3-21-12(22-4-8)13(16,17)18;1-5-3-4-6(2)7-5/h1,3-6,11H,2H2,(H,19,23);5-7H,3-4H2,1-2H3. The van der Waals surface area contributed by atoms with Crippen LogP contribution in [0.1, 0.15) is 50.1 Å². The number of nitrogens with one attached hydrogen (secondary N) is 2. The van der Waals surface area contributed by atoms with Crippen molar-refractivity contribution in [3.8, 4) is 11.3 Å². The van der Waals surface area contributed by atoms with Gasteiger partial charge < -0.3 is 10.6 Å². The first-order valence-electron chi connectivity index (χ1n) is 9.21. The molecule has 30 heavy (non-hydrogen) atoms. The number of halogens is 5. The highest BCUT2D eigenvalue weighted by atomic mass is 19.4. The lowest BCUT2D eigenvalue weighted by molar-refractivity contribution is -0.145. The molecule has 2 unspecified atom stereocenters. The molecule has 1 amide bonds. The third-order valence-corrected chi connectivity index (χ3v) is 4.44. The van der Waals surface area contributed by atoms with E-state index < -0.39 is 18.4 Å². The number of aromatic nitrogens is 3. The Hall–Kier alpha value is -2.69. The molecule has 0 bridgehead atoms. The van der Waals surface area contributed by atoms with Crippen LogP contribution in [0.15, 0.2) is 24.7 Å². The van der Waals surface area contributed by atoms with Crippen molar-refractivity contribution in [2.75, 3.05) is 0 Å². The van der Waals surface area contributed by atoms with Gasteiger partial charge in [-0.1, -0.05) is 0 Å². The number of pyridine rings is 1. The Morgan fingerprint density at radius 2 is 1.73 bits per heavy atom. The van der Waals surface area contributed by atoms with Crippen LogP contribution in [-0.2, 0) is 17.5 Å². The molecule has 3 heterocycles. The Morgan fingerprint density at radius 3 is 2.17 bits per heavy atom. The molecule has 0 radical (unpaired) electrons. The van der Waals surface area contributed by atoms with Crippen molar-refractivity contribution in [1.29, 1.82) is 0 Å². The summed E-state index contributed by atoms with van der Waals surface area (Å²) in [6.07, 6.45) is -1.71. The van der Waals surface area contributed by atoms with Gasteiger partial charge in [0.05, 0.1) is 5.69 Å². The number of carbonyl (C=O) groups excluding carboxylic acids is 1. The fraction of sp³-hybridized carbons (Fsp3) is 0.474. The van der Waals surface area contributed by atoms with Crippen molar-refractivity contribution in [3.63, 3.8) is 0 Å². The molecule has 2 N–H and O–H groups in total. The van der Waals surface area contributed by atoms with Crippen LogP contribution < -0.4 is 10.6 Å². The first kappa shape index (κ1) is 23.6. The fourth-order valence-electron chi connectivity index (χ4n) is 2.93. The molecule has 1 saturated heterocycles. The first-order chi connectivity index (χ1) is 14.1. The molecule has 2 aromatic heterocycles. The molecule has 1 aliphatic heterocycles. The molecule has 0 spiro atoms. The number of carbonyl (C=O) groups is 1. The van der Waals surface area contributed by atoms with Crippen molar-refractivity contribution in [3.05, 3.63) is 41.6 Å². The zero-order chi connectivity index (χ0) is 22.3. The molecule has 2 atom stereocenters. The summed E-state index contributed by atoms with van der Waals surface area (Å²) in [5.74, 6) is -1.31. The lowest BCUT2D eigenvalue weighted by Crippen LogP contribution is -2.23. The number of hydrogen-bond acceptors (Lipinski definition) is 5. The van der Waals surface area contributed by atoms with Crippen molar-refractivity contribution in [2.24, 2.45) is 0 Å². The van der Waals surface area contributed by atoms with Crippen LogP contribution in [0.5, 0.6) is 0 Å². The van der Waals surface area contributed by atoms with Gasteiger partial charge in [-0.15, -0.1) is 0 Å². The highest BCUT2D eigenvalue weighted by molar-refractivity contribution is 5.58. The first-order valence-corrected chi connectivity index (χ1v) is 9.21. The van der Waals surface area contributed by atoms with E-state index >= 15 is 0 Å². The average molecular weight is 431 g/mol. The van der Waals surface area contributed by atoms with E-state index in [1.165, 1.54) is 18.9 Å². The van der Waals surface area contributed by atoms with Gasteiger partial charge in [0.2, 0.25) is 12.2 Å². The molecule has 2 aromatic rings. The minimum Gasteiger partial charge on any atom is -0.355 e. The van der Waals surface area contributed by atoms with E-state index in [0.717, 1.165) is 30.7 Å². The second-order valence-corrected chi connectivity index (χ2v) is 6.91. The van der Waals surface area contributed by atoms with Gasteiger partial charge in [-0.3, -0.25) is 9.78 Å². The molecule has 0 saturated carbocycles. The molecule has 164 valence electrons. The maximum Gasteiger partial charge on any atom is 0.451 e. The van der Waals surface area contributed by atoms with Crippen molar-refractivity contribution < 1.29 is 26.7 Å². The topological polar surface area (TPSA) is 79.8 Å². The van der Waals surface area contributed by atoms with Crippen LogP contribution in [0.25, 0.3) is 11.3 Å². The Balaban J connectivity index is 0.000000386. The van der Waals surface area contributed by atoms with Crippen molar-refractivity contribution in [2.45, 2.75) is 57.9 Å². The molecule has 0 aliphatic carbocycles. The molecule has 0 aromatic carbocycles. The van der Waals surface area contributed by atoms with Gasteiger partial charge in [-0.2, -0.15) is 13.2 Å². The summed E-state index contributed by atoms with van der Waals surface area (Å²) >= 11 is 0. The van der Waals surface area contributed by atoms with Crippen LogP contribution in [0, 0.1) is 0 Å². The van der Waals surface area contributed by atoms with Gasteiger partial charge in [-0.25, -0.2) is 18.7 Å².